The monoisotopic (exact) mass is 341 g/mol. The van der Waals surface area contributed by atoms with E-state index in [0.29, 0.717) is 29.5 Å². The number of halogens is 2. The number of hydrogen-bond acceptors (Lipinski definition) is 1. The number of hydrogen-bond donors (Lipinski definition) is 1. The van der Waals surface area contributed by atoms with Gasteiger partial charge in [-0.05, 0) is 49.3 Å². The zero-order chi connectivity index (χ0) is 14.5. The van der Waals surface area contributed by atoms with Crippen molar-refractivity contribution >= 4 is 21.8 Å². The predicted octanol–water partition coefficient (Wildman–Crippen LogP) is 4.07. The molecule has 1 amide bonds. The molecule has 1 aliphatic carbocycles. The molecular formula is C16H21BrFNO. The van der Waals surface area contributed by atoms with Crippen LogP contribution in [0.15, 0.2) is 18.2 Å². The number of aryl methyl sites for hydroxylation is 1. The van der Waals surface area contributed by atoms with E-state index < -0.39 is 0 Å². The molecule has 0 aromatic heterocycles. The van der Waals surface area contributed by atoms with Crippen molar-refractivity contribution in [3.05, 3.63) is 35.1 Å². The van der Waals surface area contributed by atoms with Gasteiger partial charge in [-0.2, -0.15) is 0 Å². The second-order valence-electron chi connectivity index (χ2n) is 5.63. The summed E-state index contributed by atoms with van der Waals surface area (Å²) < 4.78 is 13.5. The molecule has 1 aromatic rings. The summed E-state index contributed by atoms with van der Waals surface area (Å²) in [6.07, 6.45) is 4.91. The Balaban J connectivity index is 1.92. The van der Waals surface area contributed by atoms with E-state index in [9.17, 15) is 9.18 Å². The van der Waals surface area contributed by atoms with E-state index in [2.05, 4.69) is 21.2 Å². The lowest BCUT2D eigenvalue weighted by molar-refractivity contribution is 0.0936. The fourth-order valence-electron chi connectivity index (χ4n) is 2.82. The first kappa shape index (κ1) is 15.5. The molecule has 2 unspecified atom stereocenters. The average molecular weight is 342 g/mol. The molecule has 1 fully saturated rings. The van der Waals surface area contributed by atoms with Crippen LogP contribution in [0.25, 0.3) is 0 Å². The summed E-state index contributed by atoms with van der Waals surface area (Å²) in [6.45, 7) is 2.38. The minimum absolute atomic E-state index is 0.178. The maximum absolute atomic E-state index is 13.5. The molecule has 0 spiro atoms. The number of amides is 1. The molecule has 2 nitrogen and oxygen atoms in total. The van der Waals surface area contributed by atoms with Crippen molar-refractivity contribution in [2.24, 2.45) is 11.8 Å². The van der Waals surface area contributed by atoms with Gasteiger partial charge in [0.05, 0.1) is 0 Å². The molecule has 0 aliphatic heterocycles. The Morgan fingerprint density at radius 2 is 2.05 bits per heavy atom. The summed E-state index contributed by atoms with van der Waals surface area (Å²) in [7, 11) is 0. The number of rotatable bonds is 4. The number of alkyl halides is 1. The molecule has 1 saturated carbocycles. The van der Waals surface area contributed by atoms with Gasteiger partial charge in [0.2, 0.25) is 0 Å². The Hall–Kier alpha value is -0.900. The first-order valence-electron chi connectivity index (χ1n) is 7.22. The fourth-order valence-corrected chi connectivity index (χ4v) is 3.67. The molecule has 0 bridgehead atoms. The lowest BCUT2D eigenvalue weighted by Crippen LogP contribution is -2.34. The molecule has 1 aliphatic rings. The van der Waals surface area contributed by atoms with Crippen molar-refractivity contribution < 1.29 is 9.18 Å². The van der Waals surface area contributed by atoms with Crippen molar-refractivity contribution in [1.82, 2.24) is 5.32 Å². The third kappa shape index (κ3) is 3.81. The van der Waals surface area contributed by atoms with Gasteiger partial charge in [-0.3, -0.25) is 4.79 Å². The third-order valence-electron chi connectivity index (χ3n) is 4.22. The molecule has 20 heavy (non-hydrogen) atoms. The molecule has 1 aromatic carbocycles. The average Bonchev–Trinajstić information content (AvgIpc) is 2.47. The molecule has 0 radical (unpaired) electrons. The minimum Gasteiger partial charge on any atom is -0.352 e. The summed E-state index contributed by atoms with van der Waals surface area (Å²) in [5.74, 6) is 0.664. The molecule has 4 heteroatoms. The van der Waals surface area contributed by atoms with Gasteiger partial charge < -0.3 is 5.32 Å². The van der Waals surface area contributed by atoms with Gasteiger partial charge >= 0.3 is 0 Å². The summed E-state index contributed by atoms with van der Waals surface area (Å²) in [5.41, 5.74) is 0.965. The van der Waals surface area contributed by atoms with Crippen molar-refractivity contribution in [2.45, 2.75) is 32.6 Å². The SMILES string of the molecule is Cc1ccc(C(=O)NCC2CCCCC2CBr)cc1F. The van der Waals surface area contributed by atoms with E-state index in [-0.39, 0.29) is 11.7 Å². The molecule has 0 heterocycles. The second kappa shape index (κ2) is 7.21. The van der Waals surface area contributed by atoms with Gasteiger partial charge in [0.15, 0.2) is 0 Å². The molecular weight excluding hydrogens is 321 g/mol. The smallest absolute Gasteiger partial charge is 0.251 e. The Kier molecular flexibility index (Phi) is 5.58. The van der Waals surface area contributed by atoms with Crippen LogP contribution in [0.4, 0.5) is 4.39 Å². The summed E-state index contributed by atoms with van der Waals surface area (Å²) >= 11 is 3.56. The van der Waals surface area contributed by atoms with Crippen molar-refractivity contribution in [2.75, 3.05) is 11.9 Å². The fraction of sp³-hybridized carbons (Fsp3) is 0.562. The Bertz CT molecular complexity index is 478. The highest BCUT2D eigenvalue weighted by atomic mass is 79.9. The van der Waals surface area contributed by atoms with Crippen LogP contribution in [-0.2, 0) is 0 Å². The highest BCUT2D eigenvalue weighted by Gasteiger charge is 2.24. The van der Waals surface area contributed by atoms with Gasteiger partial charge in [-0.1, -0.05) is 34.8 Å². The van der Waals surface area contributed by atoms with Gasteiger partial charge in [-0.15, -0.1) is 0 Å². The largest absolute Gasteiger partial charge is 0.352 e. The van der Waals surface area contributed by atoms with Crippen LogP contribution in [0.5, 0.6) is 0 Å². The maximum atomic E-state index is 13.5. The summed E-state index contributed by atoms with van der Waals surface area (Å²) in [5, 5.41) is 3.95. The first-order valence-corrected chi connectivity index (χ1v) is 8.34. The zero-order valence-corrected chi connectivity index (χ0v) is 13.4. The zero-order valence-electron chi connectivity index (χ0n) is 11.8. The van der Waals surface area contributed by atoms with E-state index in [1.54, 1.807) is 19.1 Å². The molecule has 2 atom stereocenters. The van der Waals surface area contributed by atoms with E-state index >= 15 is 0 Å². The lowest BCUT2D eigenvalue weighted by atomic mass is 9.80. The Morgan fingerprint density at radius 3 is 2.70 bits per heavy atom. The van der Waals surface area contributed by atoms with Gasteiger partial charge in [0, 0.05) is 17.4 Å². The predicted molar refractivity (Wildman–Crippen MR) is 82.7 cm³/mol. The van der Waals surface area contributed by atoms with Crippen LogP contribution < -0.4 is 5.32 Å². The number of carbonyl (C=O) groups is 1. The Morgan fingerprint density at radius 1 is 1.35 bits per heavy atom. The van der Waals surface area contributed by atoms with Crippen molar-refractivity contribution in [1.29, 1.82) is 0 Å². The van der Waals surface area contributed by atoms with Crippen molar-refractivity contribution in [3.8, 4) is 0 Å². The number of nitrogens with one attached hydrogen (secondary N) is 1. The molecule has 0 saturated heterocycles. The van der Waals surface area contributed by atoms with E-state index in [0.717, 1.165) is 5.33 Å². The number of carbonyl (C=O) groups excluding carboxylic acids is 1. The van der Waals surface area contributed by atoms with Gasteiger partial charge in [-0.25, -0.2) is 4.39 Å². The molecule has 2 rings (SSSR count). The standard InChI is InChI=1S/C16H21BrFNO/c1-11-6-7-12(8-15(11)18)16(20)19-10-14-5-3-2-4-13(14)9-17/h6-8,13-14H,2-5,9-10H2,1H3,(H,19,20). The highest BCUT2D eigenvalue weighted by Crippen LogP contribution is 2.30. The summed E-state index contributed by atoms with van der Waals surface area (Å²) in [4.78, 5) is 12.1. The van der Waals surface area contributed by atoms with Gasteiger partial charge in [0.25, 0.3) is 5.91 Å². The Labute approximate surface area is 128 Å². The van der Waals surface area contributed by atoms with Crippen LogP contribution in [0.2, 0.25) is 0 Å². The third-order valence-corrected chi connectivity index (χ3v) is 5.06. The quantitative estimate of drug-likeness (QED) is 0.822. The lowest BCUT2D eigenvalue weighted by Gasteiger charge is -2.30. The van der Waals surface area contributed by atoms with Gasteiger partial charge in [0.1, 0.15) is 5.82 Å². The van der Waals surface area contributed by atoms with Crippen LogP contribution in [0.3, 0.4) is 0 Å². The van der Waals surface area contributed by atoms with Crippen LogP contribution >= 0.6 is 15.9 Å². The number of benzene rings is 1. The minimum atomic E-state index is -0.325. The van der Waals surface area contributed by atoms with E-state index in [1.807, 2.05) is 0 Å². The topological polar surface area (TPSA) is 29.1 Å². The molecule has 110 valence electrons. The second-order valence-corrected chi connectivity index (χ2v) is 6.28. The summed E-state index contributed by atoms with van der Waals surface area (Å²) in [6, 6.07) is 4.64. The maximum Gasteiger partial charge on any atom is 0.251 e. The van der Waals surface area contributed by atoms with Crippen LogP contribution in [0, 0.1) is 24.6 Å². The normalized spacial score (nSPS) is 22.6. The molecule has 1 N–H and O–H groups in total. The van der Waals surface area contributed by atoms with E-state index in [4.69, 9.17) is 0 Å². The highest BCUT2D eigenvalue weighted by molar-refractivity contribution is 9.09. The van der Waals surface area contributed by atoms with Crippen LogP contribution in [-0.4, -0.2) is 17.8 Å². The van der Waals surface area contributed by atoms with E-state index in [1.165, 1.54) is 31.7 Å². The van der Waals surface area contributed by atoms with Crippen molar-refractivity contribution in [3.63, 3.8) is 0 Å². The van der Waals surface area contributed by atoms with Crippen LogP contribution in [0.1, 0.15) is 41.6 Å². The first-order chi connectivity index (χ1) is 9.61.